The number of carbonyl (C=O) groups excluding carboxylic acids is 1. The molecule has 0 radical (unpaired) electrons. The third kappa shape index (κ3) is 4.82. The first-order valence-corrected chi connectivity index (χ1v) is 10.2. The minimum Gasteiger partial charge on any atom is -0.267 e. The van der Waals surface area contributed by atoms with E-state index in [1.807, 2.05) is 30.0 Å². The number of benzene rings is 2. The Kier molecular flexibility index (Phi) is 6.08. The highest BCUT2D eigenvalue weighted by atomic mass is 32.2. The van der Waals surface area contributed by atoms with Gasteiger partial charge < -0.3 is 0 Å². The fraction of sp³-hybridized carbons (Fsp3) is 0.348. The van der Waals surface area contributed by atoms with Gasteiger partial charge in [0, 0.05) is 22.5 Å². The molecule has 1 amide bonds. The van der Waals surface area contributed by atoms with Crippen molar-refractivity contribution in [3.05, 3.63) is 83.4 Å². The van der Waals surface area contributed by atoms with E-state index in [2.05, 4.69) is 63.7 Å². The van der Waals surface area contributed by atoms with Crippen LogP contribution < -0.4 is 0 Å². The standard InChI is InChI=1S/C23H27NO2S/c1-17-10-12-19(13-11-17)15-26-24-21(14-18(2)22(24)25)23(3,4)27-16-20-8-6-5-7-9-20/h5-13,21H,2,14-16H2,1,3-4H3. The molecule has 1 unspecified atom stereocenters. The van der Waals surface area contributed by atoms with E-state index in [0.717, 1.165) is 11.3 Å². The van der Waals surface area contributed by atoms with E-state index in [1.54, 1.807) is 5.06 Å². The summed E-state index contributed by atoms with van der Waals surface area (Å²) >= 11 is 1.85. The van der Waals surface area contributed by atoms with Crippen molar-refractivity contribution in [1.29, 1.82) is 0 Å². The summed E-state index contributed by atoms with van der Waals surface area (Å²) in [4.78, 5) is 18.6. The molecule has 2 aromatic rings. The van der Waals surface area contributed by atoms with Gasteiger partial charge in [0.15, 0.2) is 0 Å². The zero-order valence-corrected chi connectivity index (χ0v) is 17.1. The van der Waals surface area contributed by atoms with Gasteiger partial charge in [-0.05, 0) is 31.9 Å². The highest BCUT2D eigenvalue weighted by Gasteiger charge is 2.44. The first-order chi connectivity index (χ1) is 12.9. The number of amides is 1. The molecule has 3 rings (SSSR count). The summed E-state index contributed by atoms with van der Waals surface area (Å²) in [6.07, 6.45) is 0.640. The molecule has 1 fully saturated rings. The number of aryl methyl sites for hydroxylation is 1. The zero-order chi connectivity index (χ0) is 19.4. The molecule has 0 spiro atoms. The smallest absolute Gasteiger partial charge is 0.267 e. The second-order valence-electron chi connectivity index (χ2n) is 7.59. The SMILES string of the molecule is C=C1CC(C(C)(C)SCc2ccccc2)N(OCc2ccc(C)cc2)C1=O. The lowest BCUT2D eigenvalue weighted by Crippen LogP contribution is -2.45. The van der Waals surface area contributed by atoms with Crippen molar-refractivity contribution < 1.29 is 9.63 Å². The third-order valence-corrected chi connectivity index (χ3v) is 6.47. The first-order valence-electron chi connectivity index (χ1n) is 9.24. The van der Waals surface area contributed by atoms with Gasteiger partial charge >= 0.3 is 0 Å². The second kappa shape index (κ2) is 8.32. The quantitative estimate of drug-likeness (QED) is 0.610. The lowest BCUT2D eigenvalue weighted by Gasteiger charge is -2.36. The van der Waals surface area contributed by atoms with Gasteiger partial charge in [0.25, 0.3) is 5.91 Å². The van der Waals surface area contributed by atoms with Crippen molar-refractivity contribution in [2.24, 2.45) is 0 Å². The number of rotatable bonds is 7. The van der Waals surface area contributed by atoms with Crippen molar-refractivity contribution in [1.82, 2.24) is 5.06 Å². The topological polar surface area (TPSA) is 29.5 Å². The highest BCUT2D eigenvalue weighted by molar-refractivity contribution is 7.99. The summed E-state index contributed by atoms with van der Waals surface area (Å²) in [7, 11) is 0. The number of hydrogen-bond donors (Lipinski definition) is 0. The van der Waals surface area contributed by atoms with Crippen molar-refractivity contribution in [3.8, 4) is 0 Å². The van der Waals surface area contributed by atoms with Gasteiger partial charge in [-0.25, -0.2) is 5.06 Å². The Bertz CT molecular complexity index is 799. The maximum atomic E-state index is 12.6. The van der Waals surface area contributed by atoms with Gasteiger partial charge in [-0.3, -0.25) is 9.63 Å². The van der Waals surface area contributed by atoms with Gasteiger partial charge in [0.05, 0.1) is 6.04 Å². The van der Waals surface area contributed by atoms with E-state index in [-0.39, 0.29) is 16.7 Å². The predicted molar refractivity (Wildman–Crippen MR) is 112 cm³/mol. The molecule has 1 heterocycles. The Morgan fingerprint density at radius 1 is 1.11 bits per heavy atom. The van der Waals surface area contributed by atoms with Gasteiger partial charge in [-0.1, -0.05) is 66.7 Å². The van der Waals surface area contributed by atoms with Gasteiger partial charge in [-0.2, -0.15) is 0 Å². The van der Waals surface area contributed by atoms with Crippen LogP contribution in [-0.2, 0) is 22.0 Å². The van der Waals surface area contributed by atoms with Crippen LogP contribution in [0.2, 0.25) is 0 Å². The van der Waals surface area contributed by atoms with Crippen LogP contribution in [0.5, 0.6) is 0 Å². The average Bonchev–Trinajstić information content (AvgIpc) is 2.96. The van der Waals surface area contributed by atoms with Crippen molar-refractivity contribution in [2.75, 3.05) is 0 Å². The van der Waals surface area contributed by atoms with Gasteiger partial charge in [0.2, 0.25) is 0 Å². The van der Waals surface area contributed by atoms with E-state index in [0.29, 0.717) is 18.6 Å². The lowest BCUT2D eigenvalue weighted by molar-refractivity contribution is -0.196. The van der Waals surface area contributed by atoms with Crippen LogP contribution in [0.1, 0.15) is 37.0 Å². The summed E-state index contributed by atoms with van der Waals surface area (Å²) in [6.45, 7) is 10.8. The molecule has 4 heteroatoms. The van der Waals surface area contributed by atoms with Crippen LogP contribution in [0.4, 0.5) is 0 Å². The van der Waals surface area contributed by atoms with E-state index < -0.39 is 0 Å². The normalized spacial score (nSPS) is 17.6. The molecule has 27 heavy (non-hydrogen) atoms. The molecule has 3 nitrogen and oxygen atoms in total. The maximum Gasteiger partial charge on any atom is 0.273 e. The van der Waals surface area contributed by atoms with Crippen LogP contribution in [0.25, 0.3) is 0 Å². The van der Waals surface area contributed by atoms with Crippen LogP contribution in [0.15, 0.2) is 66.7 Å². The Balaban J connectivity index is 1.68. The fourth-order valence-electron chi connectivity index (χ4n) is 3.15. The zero-order valence-electron chi connectivity index (χ0n) is 16.3. The summed E-state index contributed by atoms with van der Waals surface area (Å²) in [5, 5.41) is 1.56. The monoisotopic (exact) mass is 381 g/mol. The molecule has 0 bridgehead atoms. The van der Waals surface area contributed by atoms with Crippen LogP contribution in [0, 0.1) is 6.92 Å². The van der Waals surface area contributed by atoms with E-state index in [9.17, 15) is 4.79 Å². The Hall–Kier alpha value is -2.04. The Labute approximate surface area is 166 Å². The lowest BCUT2D eigenvalue weighted by atomic mass is 10.0. The molecule has 0 aromatic heterocycles. The molecule has 0 N–H and O–H groups in total. The summed E-state index contributed by atoms with van der Waals surface area (Å²) < 4.78 is -0.155. The summed E-state index contributed by atoms with van der Waals surface area (Å²) in [6, 6.07) is 18.6. The summed E-state index contributed by atoms with van der Waals surface area (Å²) in [5.41, 5.74) is 4.17. The molecular weight excluding hydrogens is 354 g/mol. The maximum absolute atomic E-state index is 12.6. The molecule has 142 valence electrons. The molecular formula is C23H27NO2S. The molecule has 0 saturated carbocycles. The minimum atomic E-state index is -0.155. The van der Waals surface area contributed by atoms with E-state index in [1.165, 1.54) is 11.1 Å². The number of nitrogens with zero attached hydrogens (tertiary/aromatic N) is 1. The fourth-order valence-corrected chi connectivity index (χ4v) is 4.25. The van der Waals surface area contributed by atoms with Gasteiger partial charge in [0.1, 0.15) is 6.61 Å². The highest BCUT2D eigenvalue weighted by Crippen LogP contribution is 2.40. The second-order valence-corrected chi connectivity index (χ2v) is 9.22. The largest absolute Gasteiger partial charge is 0.273 e. The van der Waals surface area contributed by atoms with Crippen molar-refractivity contribution in [2.45, 2.75) is 50.3 Å². The van der Waals surface area contributed by atoms with Crippen LogP contribution in [-0.4, -0.2) is 21.8 Å². The number of hydroxylamine groups is 2. The van der Waals surface area contributed by atoms with Crippen LogP contribution in [0.3, 0.4) is 0 Å². The molecule has 1 atom stereocenters. The number of carbonyl (C=O) groups is 1. The van der Waals surface area contributed by atoms with E-state index in [4.69, 9.17) is 4.84 Å². The van der Waals surface area contributed by atoms with Crippen molar-refractivity contribution in [3.63, 3.8) is 0 Å². The average molecular weight is 382 g/mol. The summed E-state index contributed by atoms with van der Waals surface area (Å²) in [5.74, 6) is 0.803. The van der Waals surface area contributed by atoms with Crippen molar-refractivity contribution >= 4 is 17.7 Å². The molecule has 1 aliphatic rings. The van der Waals surface area contributed by atoms with Gasteiger partial charge in [-0.15, -0.1) is 11.8 Å². The Morgan fingerprint density at radius 2 is 1.78 bits per heavy atom. The number of thioether (sulfide) groups is 1. The third-order valence-electron chi connectivity index (χ3n) is 4.97. The first kappa shape index (κ1) is 19.7. The molecule has 0 aliphatic carbocycles. The predicted octanol–water partition coefficient (Wildman–Crippen LogP) is 5.30. The minimum absolute atomic E-state index is 0.0309. The molecule has 2 aromatic carbocycles. The van der Waals surface area contributed by atoms with E-state index >= 15 is 0 Å². The van der Waals surface area contributed by atoms with Crippen LogP contribution >= 0.6 is 11.8 Å². The molecule has 1 saturated heterocycles. The Morgan fingerprint density at radius 3 is 2.44 bits per heavy atom. The molecule has 1 aliphatic heterocycles. The number of hydrogen-bond acceptors (Lipinski definition) is 3.